The zero-order valence-corrected chi connectivity index (χ0v) is 13.1. The number of Topliss-reactive ketones (excluding diaryl/α,β-unsaturated/α-hetero) is 1. The molecule has 1 unspecified atom stereocenters. The number of carbonyl (C=O) groups is 1. The summed E-state index contributed by atoms with van der Waals surface area (Å²) in [5.41, 5.74) is -0.901. The molecule has 0 amide bonds. The second kappa shape index (κ2) is 6.09. The predicted molar refractivity (Wildman–Crippen MR) is 75.2 cm³/mol. The summed E-state index contributed by atoms with van der Waals surface area (Å²) in [6, 6.07) is 2.46. The van der Waals surface area contributed by atoms with Gasteiger partial charge >= 0.3 is 0 Å². The Bertz CT molecular complexity index is 491. The van der Waals surface area contributed by atoms with E-state index in [0.29, 0.717) is 6.42 Å². The average Bonchev–Trinajstić information content (AvgIpc) is 2.37. The third kappa shape index (κ3) is 3.20. The van der Waals surface area contributed by atoms with Crippen molar-refractivity contribution in [2.75, 3.05) is 14.1 Å². The van der Waals surface area contributed by atoms with Crippen LogP contribution < -0.4 is 0 Å². The van der Waals surface area contributed by atoms with E-state index in [1.54, 1.807) is 25.9 Å². The zero-order chi connectivity index (χ0) is 14.8. The van der Waals surface area contributed by atoms with Crippen molar-refractivity contribution < 1.29 is 13.6 Å². The van der Waals surface area contributed by atoms with E-state index in [-0.39, 0.29) is 22.2 Å². The van der Waals surface area contributed by atoms with Crippen LogP contribution in [0.1, 0.15) is 25.8 Å². The van der Waals surface area contributed by atoms with Gasteiger partial charge in [0.15, 0.2) is 5.78 Å². The molecule has 0 aliphatic rings. The summed E-state index contributed by atoms with van der Waals surface area (Å²) in [6.07, 6.45) is 0.329. The monoisotopic (exact) mass is 333 g/mol. The highest BCUT2D eigenvalue weighted by atomic mass is 79.9. The fraction of sp³-hybridized carbons (Fsp3) is 0.500. The maximum Gasteiger partial charge on any atom is 0.157 e. The van der Waals surface area contributed by atoms with Crippen LogP contribution in [0, 0.1) is 11.6 Å². The molecule has 106 valence electrons. The van der Waals surface area contributed by atoms with Gasteiger partial charge in [0.05, 0.1) is 10.0 Å². The highest BCUT2D eigenvalue weighted by molar-refractivity contribution is 9.10. The first-order chi connectivity index (χ1) is 8.74. The Morgan fingerprint density at radius 3 is 2.42 bits per heavy atom. The van der Waals surface area contributed by atoms with E-state index in [0.717, 1.165) is 6.07 Å². The van der Waals surface area contributed by atoms with E-state index in [9.17, 15) is 13.6 Å². The van der Waals surface area contributed by atoms with E-state index in [1.165, 1.54) is 6.07 Å². The summed E-state index contributed by atoms with van der Waals surface area (Å²) in [5.74, 6) is -1.59. The van der Waals surface area contributed by atoms with E-state index < -0.39 is 17.2 Å². The van der Waals surface area contributed by atoms with Crippen LogP contribution in [0.2, 0.25) is 0 Å². The molecule has 0 aliphatic heterocycles. The molecule has 0 saturated carbocycles. The van der Waals surface area contributed by atoms with Crippen molar-refractivity contribution >= 4 is 21.7 Å². The van der Waals surface area contributed by atoms with E-state index in [1.807, 2.05) is 6.92 Å². The molecule has 0 radical (unpaired) electrons. The Morgan fingerprint density at radius 2 is 1.95 bits per heavy atom. The van der Waals surface area contributed by atoms with Crippen LogP contribution in [0.15, 0.2) is 16.6 Å². The van der Waals surface area contributed by atoms with Crippen LogP contribution in [0.4, 0.5) is 8.78 Å². The summed E-state index contributed by atoms with van der Waals surface area (Å²) in [7, 11) is 3.57. The number of likely N-dealkylation sites (N-methyl/N-ethyl adjacent to an activating group) is 1. The topological polar surface area (TPSA) is 20.3 Å². The van der Waals surface area contributed by atoms with Gasteiger partial charge in [-0.2, -0.15) is 0 Å². The van der Waals surface area contributed by atoms with Crippen LogP contribution in [0.25, 0.3) is 0 Å². The molecule has 0 aliphatic carbocycles. The Kier molecular flexibility index (Phi) is 5.21. The van der Waals surface area contributed by atoms with Gasteiger partial charge in [-0.25, -0.2) is 8.78 Å². The van der Waals surface area contributed by atoms with Gasteiger partial charge in [-0.1, -0.05) is 6.92 Å². The van der Waals surface area contributed by atoms with E-state index in [4.69, 9.17) is 0 Å². The molecule has 5 heteroatoms. The molecule has 1 rings (SSSR count). The van der Waals surface area contributed by atoms with Gasteiger partial charge in [-0.05, 0) is 55.5 Å². The lowest BCUT2D eigenvalue weighted by molar-refractivity contribution is -0.128. The Balaban J connectivity index is 3.10. The van der Waals surface area contributed by atoms with Crippen LogP contribution >= 0.6 is 15.9 Å². The lowest BCUT2D eigenvalue weighted by Crippen LogP contribution is -2.48. The van der Waals surface area contributed by atoms with Gasteiger partial charge < -0.3 is 0 Å². The van der Waals surface area contributed by atoms with Crippen molar-refractivity contribution in [2.24, 2.45) is 0 Å². The maximum atomic E-state index is 13.9. The second-order valence-electron chi connectivity index (χ2n) is 4.94. The summed E-state index contributed by atoms with van der Waals surface area (Å²) < 4.78 is 27.7. The molecule has 0 N–H and O–H groups in total. The lowest BCUT2D eigenvalue weighted by atomic mass is 9.88. The van der Waals surface area contributed by atoms with Crippen molar-refractivity contribution in [3.05, 3.63) is 33.8 Å². The molecule has 19 heavy (non-hydrogen) atoms. The van der Waals surface area contributed by atoms with Crippen molar-refractivity contribution in [1.29, 1.82) is 0 Å². The summed E-state index contributed by atoms with van der Waals surface area (Å²) in [5, 5.41) is 0. The highest BCUT2D eigenvalue weighted by Gasteiger charge is 2.34. The fourth-order valence-electron chi connectivity index (χ4n) is 1.84. The van der Waals surface area contributed by atoms with Gasteiger partial charge in [0.1, 0.15) is 11.6 Å². The molecular formula is C14H18BrF2NO. The molecular weight excluding hydrogens is 316 g/mol. The third-order valence-electron chi connectivity index (χ3n) is 3.75. The van der Waals surface area contributed by atoms with Crippen LogP contribution in [-0.2, 0) is 11.2 Å². The number of ketones is 1. The average molecular weight is 334 g/mol. The number of carbonyl (C=O) groups excluding carboxylic acids is 1. The summed E-state index contributed by atoms with van der Waals surface area (Å²) in [4.78, 5) is 14.1. The highest BCUT2D eigenvalue weighted by Crippen LogP contribution is 2.25. The first-order valence-corrected chi connectivity index (χ1v) is 6.86. The van der Waals surface area contributed by atoms with Gasteiger partial charge in [-0.3, -0.25) is 9.69 Å². The largest absolute Gasteiger partial charge is 0.297 e. The van der Waals surface area contributed by atoms with Crippen LogP contribution in [0.5, 0.6) is 0 Å². The molecule has 1 aromatic rings. The molecule has 1 aromatic carbocycles. The number of nitrogens with zero attached hydrogens (tertiary/aromatic N) is 1. The van der Waals surface area contributed by atoms with E-state index >= 15 is 0 Å². The molecule has 0 aromatic heterocycles. The summed E-state index contributed by atoms with van der Waals surface area (Å²) >= 11 is 3.00. The Labute approximate surface area is 120 Å². The Morgan fingerprint density at radius 1 is 1.37 bits per heavy atom. The molecule has 1 atom stereocenters. The lowest BCUT2D eigenvalue weighted by Gasteiger charge is -2.34. The van der Waals surface area contributed by atoms with Gasteiger partial charge in [0.25, 0.3) is 0 Å². The van der Waals surface area contributed by atoms with Crippen molar-refractivity contribution in [3.8, 4) is 0 Å². The summed E-state index contributed by atoms with van der Waals surface area (Å²) in [6.45, 7) is 3.66. The molecule has 0 fully saturated rings. The van der Waals surface area contributed by atoms with E-state index in [2.05, 4.69) is 15.9 Å². The molecule has 0 saturated heterocycles. The quantitative estimate of drug-likeness (QED) is 0.768. The number of rotatable bonds is 5. The van der Waals surface area contributed by atoms with Crippen molar-refractivity contribution in [2.45, 2.75) is 32.2 Å². The molecule has 2 nitrogen and oxygen atoms in total. The first-order valence-electron chi connectivity index (χ1n) is 6.07. The molecule has 0 spiro atoms. The SMILES string of the molecule is CCC(C)(C(=O)Cc1c(F)ccc(Br)c1F)N(C)C. The first kappa shape index (κ1) is 16.2. The zero-order valence-electron chi connectivity index (χ0n) is 11.6. The number of halogens is 3. The standard InChI is InChI=1S/C14H18BrF2NO/c1-5-14(2,18(3)4)12(19)8-9-11(16)7-6-10(15)13(9)17/h6-7H,5,8H2,1-4H3. The van der Waals surface area contributed by atoms with Gasteiger partial charge in [0.2, 0.25) is 0 Å². The fourth-order valence-corrected chi connectivity index (χ4v) is 2.22. The van der Waals surface area contributed by atoms with Crippen molar-refractivity contribution in [3.63, 3.8) is 0 Å². The minimum atomic E-state index is -0.721. The normalized spacial score (nSPS) is 14.5. The second-order valence-corrected chi connectivity index (χ2v) is 5.80. The third-order valence-corrected chi connectivity index (χ3v) is 4.36. The minimum Gasteiger partial charge on any atom is -0.297 e. The van der Waals surface area contributed by atoms with Gasteiger partial charge in [0, 0.05) is 12.0 Å². The van der Waals surface area contributed by atoms with Crippen molar-refractivity contribution in [1.82, 2.24) is 4.90 Å². The predicted octanol–water partition coefficient (Wildman–Crippen LogP) is 3.57. The molecule has 0 bridgehead atoms. The number of hydrogen-bond donors (Lipinski definition) is 0. The number of benzene rings is 1. The number of hydrogen-bond acceptors (Lipinski definition) is 2. The molecule has 0 heterocycles. The minimum absolute atomic E-state index is 0.166. The van der Waals surface area contributed by atoms with Gasteiger partial charge in [-0.15, -0.1) is 0 Å². The van der Waals surface area contributed by atoms with Crippen LogP contribution in [0.3, 0.4) is 0 Å². The van der Waals surface area contributed by atoms with Crippen LogP contribution in [-0.4, -0.2) is 30.3 Å². The smallest absolute Gasteiger partial charge is 0.157 e. The Hall–Kier alpha value is -0.810. The maximum absolute atomic E-state index is 13.9.